The first kappa shape index (κ1) is 13.9. The highest BCUT2D eigenvalue weighted by molar-refractivity contribution is 7.99. The summed E-state index contributed by atoms with van der Waals surface area (Å²) in [7, 11) is 0. The van der Waals surface area contributed by atoms with Crippen molar-refractivity contribution in [1.29, 1.82) is 0 Å². The summed E-state index contributed by atoms with van der Waals surface area (Å²) < 4.78 is 38.1. The number of aromatic nitrogens is 3. The highest BCUT2D eigenvalue weighted by Gasteiger charge is 2.38. The number of hydrogen-bond acceptors (Lipinski definition) is 4. The predicted molar refractivity (Wildman–Crippen MR) is 64.1 cm³/mol. The van der Waals surface area contributed by atoms with E-state index in [0.717, 1.165) is 17.4 Å². The Hall–Kier alpha value is -1.54. The van der Waals surface area contributed by atoms with Gasteiger partial charge in [0.2, 0.25) is 0 Å². The molecule has 1 aromatic heterocycles. The lowest BCUT2D eigenvalue weighted by molar-refractivity contribution is -0.195. The monoisotopic (exact) mass is 289 g/mol. The molecular formula is C11H10F3N3OS. The molecular weight excluding hydrogens is 279 g/mol. The minimum absolute atomic E-state index is 0.300. The molecule has 0 aliphatic heterocycles. The van der Waals surface area contributed by atoms with E-state index in [0.29, 0.717) is 5.16 Å². The number of nitrogens with zero attached hydrogens (tertiary/aromatic N) is 3. The first-order chi connectivity index (χ1) is 8.98. The molecule has 0 spiro atoms. The molecule has 1 N–H and O–H groups in total. The summed E-state index contributed by atoms with van der Waals surface area (Å²) in [6, 6.07) is 9.00. The zero-order valence-corrected chi connectivity index (χ0v) is 10.4. The second kappa shape index (κ2) is 5.62. The van der Waals surface area contributed by atoms with Crippen molar-refractivity contribution < 1.29 is 18.3 Å². The van der Waals surface area contributed by atoms with Gasteiger partial charge in [-0.2, -0.15) is 13.2 Å². The van der Waals surface area contributed by atoms with Crippen molar-refractivity contribution in [3.63, 3.8) is 0 Å². The van der Waals surface area contributed by atoms with E-state index in [1.807, 2.05) is 6.07 Å². The van der Waals surface area contributed by atoms with Crippen LogP contribution in [0.15, 0.2) is 41.8 Å². The molecule has 0 saturated heterocycles. The van der Waals surface area contributed by atoms with Crippen molar-refractivity contribution in [3.8, 4) is 5.69 Å². The molecule has 1 heterocycles. The first-order valence-corrected chi connectivity index (χ1v) is 6.30. The molecule has 0 bridgehead atoms. The minimum atomic E-state index is -4.62. The van der Waals surface area contributed by atoms with Gasteiger partial charge in [0.05, 0.1) is 0 Å². The van der Waals surface area contributed by atoms with Crippen LogP contribution in [0.1, 0.15) is 0 Å². The second-order valence-electron chi connectivity index (χ2n) is 3.69. The maximum absolute atomic E-state index is 12.2. The maximum atomic E-state index is 12.2. The molecule has 0 radical (unpaired) electrons. The van der Waals surface area contributed by atoms with Crippen LogP contribution >= 0.6 is 11.8 Å². The van der Waals surface area contributed by atoms with E-state index in [9.17, 15) is 13.2 Å². The average Bonchev–Trinajstić information content (AvgIpc) is 2.84. The normalized spacial score (nSPS) is 13.5. The largest absolute Gasteiger partial charge is 0.415 e. The molecule has 0 amide bonds. The van der Waals surface area contributed by atoms with E-state index in [-0.39, 0.29) is 0 Å². The number of rotatable bonds is 4. The fraction of sp³-hybridized carbons (Fsp3) is 0.273. The van der Waals surface area contributed by atoms with Gasteiger partial charge in [-0.25, -0.2) is 0 Å². The number of para-hydroxylation sites is 1. The maximum Gasteiger partial charge on any atom is 0.415 e. The quantitative estimate of drug-likeness (QED) is 0.877. The van der Waals surface area contributed by atoms with Gasteiger partial charge in [-0.15, -0.1) is 10.2 Å². The van der Waals surface area contributed by atoms with Gasteiger partial charge >= 0.3 is 6.18 Å². The van der Waals surface area contributed by atoms with Crippen molar-refractivity contribution in [2.24, 2.45) is 0 Å². The Kier molecular flexibility index (Phi) is 4.11. The Labute approximate surface area is 111 Å². The first-order valence-electron chi connectivity index (χ1n) is 5.31. The smallest absolute Gasteiger partial charge is 0.383 e. The molecule has 102 valence electrons. The van der Waals surface area contributed by atoms with Crippen molar-refractivity contribution in [3.05, 3.63) is 36.7 Å². The summed E-state index contributed by atoms with van der Waals surface area (Å²) in [6.45, 7) is 0. The lowest BCUT2D eigenvalue weighted by Crippen LogP contribution is -2.30. The van der Waals surface area contributed by atoms with Gasteiger partial charge in [-0.05, 0) is 12.1 Å². The Morgan fingerprint density at radius 1 is 1.26 bits per heavy atom. The number of halogens is 3. The van der Waals surface area contributed by atoms with Crippen LogP contribution in [0.4, 0.5) is 13.2 Å². The van der Waals surface area contributed by atoms with E-state index >= 15 is 0 Å². The van der Waals surface area contributed by atoms with Crippen molar-refractivity contribution in [2.75, 3.05) is 5.75 Å². The summed E-state index contributed by atoms with van der Waals surface area (Å²) >= 11 is 0.803. The zero-order chi connectivity index (χ0) is 13.9. The van der Waals surface area contributed by atoms with E-state index in [1.54, 1.807) is 28.8 Å². The molecule has 0 aliphatic carbocycles. The molecule has 4 nitrogen and oxygen atoms in total. The van der Waals surface area contributed by atoms with E-state index in [1.165, 1.54) is 6.33 Å². The van der Waals surface area contributed by atoms with Crippen LogP contribution in [0.5, 0.6) is 0 Å². The third-order valence-corrected chi connectivity index (χ3v) is 3.32. The second-order valence-corrected chi connectivity index (χ2v) is 4.67. The van der Waals surface area contributed by atoms with Crippen LogP contribution in [-0.2, 0) is 0 Å². The molecule has 1 aromatic carbocycles. The Balaban J connectivity index is 2.09. The fourth-order valence-corrected chi connectivity index (χ4v) is 2.23. The van der Waals surface area contributed by atoms with Gasteiger partial charge in [0.15, 0.2) is 11.3 Å². The summed E-state index contributed by atoms with van der Waals surface area (Å²) in [5.41, 5.74) is 0.747. The van der Waals surface area contributed by atoms with Crippen molar-refractivity contribution in [1.82, 2.24) is 14.8 Å². The molecule has 0 unspecified atom stereocenters. The number of benzene rings is 1. The number of aliphatic hydroxyl groups is 1. The predicted octanol–water partition coefficient (Wildman–Crippen LogP) is 2.28. The highest BCUT2D eigenvalue weighted by atomic mass is 32.2. The van der Waals surface area contributed by atoms with Crippen LogP contribution < -0.4 is 0 Å². The SMILES string of the molecule is O[C@H](CSc1nncn1-c1ccccc1)C(F)(F)F. The third-order valence-electron chi connectivity index (χ3n) is 2.30. The van der Waals surface area contributed by atoms with Gasteiger partial charge < -0.3 is 5.11 Å². The molecule has 8 heteroatoms. The van der Waals surface area contributed by atoms with Crippen LogP contribution in [0, 0.1) is 0 Å². The van der Waals surface area contributed by atoms with E-state index < -0.39 is 18.0 Å². The van der Waals surface area contributed by atoms with E-state index in [4.69, 9.17) is 5.11 Å². The Morgan fingerprint density at radius 3 is 2.58 bits per heavy atom. The topological polar surface area (TPSA) is 50.9 Å². The van der Waals surface area contributed by atoms with Crippen LogP contribution in [0.25, 0.3) is 5.69 Å². The molecule has 19 heavy (non-hydrogen) atoms. The van der Waals surface area contributed by atoms with E-state index in [2.05, 4.69) is 10.2 Å². The van der Waals surface area contributed by atoms with Gasteiger partial charge in [-0.3, -0.25) is 4.57 Å². The number of thioether (sulfide) groups is 1. The van der Waals surface area contributed by atoms with Gasteiger partial charge in [0.25, 0.3) is 0 Å². The van der Waals surface area contributed by atoms with Crippen molar-refractivity contribution in [2.45, 2.75) is 17.4 Å². The standard InChI is InChI=1S/C11H10F3N3OS/c12-11(13,14)9(18)6-19-10-16-15-7-17(10)8-4-2-1-3-5-8/h1-5,7,9,18H,6H2/t9-/m1/s1. The lowest BCUT2D eigenvalue weighted by Gasteiger charge is -2.13. The zero-order valence-electron chi connectivity index (χ0n) is 9.58. The summed E-state index contributed by atoms with van der Waals surface area (Å²) in [4.78, 5) is 0. The van der Waals surface area contributed by atoms with Crippen LogP contribution in [0.2, 0.25) is 0 Å². The summed E-state index contributed by atoms with van der Waals surface area (Å²) in [6.07, 6.45) is -5.58. The average molecular weight is 289 g/mol. The molecule has 0 aliphatic rings. The van der Waals surface area contributed by atoms with Crippen molar-refractivity contribution >= 4 is 11.8 Å². The number of hydrogen-bond donors (Lipinski definition) is 1. The summed E-state index contributed by atoms with van der Waals surface area (Å²) in [5, 5.41) is 16.7. The van der Waals surface area contributed by atoms with Gasteiger partial charge in [-0.1, -0.05) is 30.0 Å². The lowest BCUT2D eigenvalue weighted by atomic mass is 10.3. The van der Waals surface area contributed by atoms with Crippen LogP contribution in [0.3, 0.4) is 0 Å². The summed E-state index contributed by atoms with van der Waals surface area (Å²) in [5.74, 6) is -0.519. The van der Waals surface area contributed by atoms with Gasteiger partial charge in [0, 0.05) is 11.4 Å². The van der Waals surface area contributed by atoms with Crippen LogP contribution in [-0.4, -0.2) is 37.9 Å². The molecule has 0 fully saturated rings. The minimum Gasteiger partial charge on any atom is -0.383 e. The number of aliphatic hydroxyl groups excluding tert-OH is 1. The molecule has 1 atom stereocenters. The molecule has 2 rings (SSSR count). The third kappa shape index (κ3) is 3.48. The van der Waals surface area contributed by atoms with Gasteiger partial charge in [0.1, 0.15) is 6.33 Å². The molecule has 2 aromatic rings. The number of alkyl halides is 3. The fourth-order valence-electron chi connectivity index (χ4n) is 1.34. The molecule has 0 saturated carbocycles. The highest BCUT2D eigenvalue weighted by Crippen LogP contribution is 2.26. The Morgan fingerprint density at radius 2 is 1.95 bits per heavy atom. The Bertz CT molecular complexity index is 529.